The van der Waals surface area contributed by atoms with E-state index < -0.39 is 7.60 Å². The molecular weight excluding hydrogens is 165 g/mol. The Bertz CT molecular complexity index is 167. The van der Waals surface area contributed by atoms with Gasteiger partial charge in [-0.25, -0.2) is 0 Å². The van der Waals surface area contributed by atoms with E-state index in [1.54, 1.807) is 0 Å². The van der Waals surface area contributed by atoms with Gasteiger partial charge in [0.05, 0.1) is 0 Å². The summed E-state index contributed by atoms with van der Waals surface area (Å²) in [6.45, 7) is 0.818. The lowest BCUT2D eigenvalue weighted by Crippen LogP contribution is -2.34. The van der Waals surface area contributed by atoms with E-state index in [4.69, 9.17) is 0 Å². The molecular formula is C6H14NO3P. The molecule has 0 aromatic rings. The molecule has 5 heteroatoms. The highest BCUT2D eigenvalue weighted by molar-refractivity contribution is 7.53. The summed E-state index contributed by atoms with van der Waals surface area (Å²) < 4.78 is 15.7. The Morgan fingerprint density at radius 1 is 1.64 bits per heavy atom. The van der Waals surface area contributed by atoms with Gasteiger partial charge in [-0.3, -0.25) is 4.57 Å². The third-order valence-electron chi connectivity index (χ3n) is 1.94. The molecule has 11 heavy (non-hydrogen) atoms. The molecule has 1 heterocycles. The normalized spacial score (nSPS) is 31.3. The highest BCUT2D eigenvalue weighted by atomic mass is 31.2. The second-order valence-corrected chi connectivity index (χ2v) is 4.83. The Morgan fingerprint density at radius 2 is 2.36 bits per heavy atom. The summed E-state index contributed by atoms with van der Waals surface area (Å²) in [6.07, 6.45) is 2.83. The summed E-state index contributed by atoms with van der Waals surface area (Å²) in [4.78, 5) is 9.22. The van der Waals surface area contributed by atoms with Gasteiger partial charge in [-0.1, -0.05) is 0 Å². The maximum Gasteiger partial charge on any atom is 0.344 e. The molecule has 0 saturated carbocycles. The first kappa shape index (κ1) is 9.20. The van der Waals surface area contributed by atoms with Gasteiger partial charge in [0.1, 0.15) is 5.78 Å². The molecule has 1 fully saturated rings. The lowest BCUT2D eigenvalue weighted by atomic mass is 10.2. The Hall–Kier alpha value is 0.110. The predicted molar refractivity (Wildman–Crippen MR) is 42.5 cm³/mol. The summed E-state index contributed by atoms with van der Waals surface area (Å²) in [7, 11) is -2.09. The molecule has 2 N–H and O–H groups in total. The van der Waals surface area contributed by atoms with Crippen LogP contribution in [-0.2, 0) is 9.09 Å². The Labute approximate surface area is 66.5 Å². The first-order valence-corrected chi connectivity index (χ1v) is 5.43. The zero-order chi connectivity index (χ0) is 8.32. The van der Waals surface area contributed by atoms with E-state index in [1.165, 1.54) is 7.11 Å². The van der Waals surface area contributed by atoms with Gasteiger partial charge in [0.15, 0.2) is 0 Å². The number of nitrogens with one attached hydrogen (secondary N) is 1. The van der Waals surface area contributed by atoms with Gasteiger partial charge >= 0.3 is 7.60 Å². The highest BCUT2D eigenvalue weighted by Gasteiger charge is 2.31. The predicted octanol–water partition coefficient (Wildman–Crippen LogP) is 0.918. The van der Waals surface area contributed by atoms with Gasteiger partial charge in [0.2, 0.25) is 0 Å². The van der Waals surface area contributed by atoms with Gasteiger partial charge < -0.3 is 14.7 Å². The van der Waals surface area contributed by atoms with Crippen molar-refractivity contribution >= 4 is 7.60 Å². The molecule has 1 saturated heterocycles. The van der Waals surface area contributed by atoms with Crippen LogP contribution in [0.2, 0.25) is 0 Å². The van der Waals surface area contributed by atoms with Gasteiger partial charge in [-0.2, -0.15) is 0 Å². The molecule has 4 nitrogen and oxygen atoms in total. The van der Waals surface area contributed by atoms with E-state index in [1.807, 2.05) is 0 Å². The molecule has 0 radical (unpaired) electrons. The van der Waals surface area contributed by atoms with E-state index in [0.717, 1.165) is 25.8 Å². The topological polar surface area (TPSA) is 58.6 Å². The fourth-order valence-corrected chi connectivity index (χ4v) is 2.36. The van der Waals surface area contributed by atoms with Crippen LogP contribution < -0.4 is 5.32 Å². The van der Waals surface area contributed by atoms with E-state index in [-0.39, 0.29) is 5.78 Å². The minimum absolute atomic E-state index is 0.346. The van der Waals surface area contributed by atoms with Gasteiger partial charge in [-0.05, 0) is 25.8 Å². The van der Waals surface area contributed by atoms with Crippen LogP contribution in [0.15, 0.2) is 0 Å². The Balaban J connectivity index is 2.51. The quantitative estimate of drug-likeness (QED) is 0.619. The van der Waals surface area contributed by atoms with Crippen molar-refractivity contribution in [2.24, 2.45) is 0 Å². The molecule has 2 unspecified atom stereocenters. The maximum absolute atomic E-state index is 11.2. The number of hydrogen-bond acceptors (Lipinski definition) is 3. The maximum atomic E-state index is 11.2. The van der Waals surface area contributed by atoms with Crippen LogP contribution in [0.25, 0.3) is 0 Å². The summed E-state index contributed by atoms with van der Waals surface area (Å²) in [5.74, 6) is -0.346. The molecule has 0 bridgehead atoms. The van der Waals surface area contributed by atoms with Crippen LogP contribution in [0.4, 0.5) is 0 Å². The van der Waals surface area contributed by atoms with Crippen molar-refractivity contribution in [3.8, 4) is 0 Å². The van der Waals surface area contributed by atoms with Crippen molar-refractivity contribution in [3.63, 3.8) is 0 Å². The minimum atomic E-state index is -3.36. The van der Waals surface area contributed by atoms with Crippen LogP contribution in [0, 0.1) is 0 Å². The van der Waals surface area contributed by atoms with Gasteiger partial charge in [-0.15, -0.1) is 0 Å². The first-order chi connectivity index (χ1) is 5.17. The molecule has 1 rings (SSSR count). The lowest BCUT2D eigenvalue weighted by molar-refractivity contribution is 0.284. The molecule has 2 atom stereocenters. The molecule has 1 aliphatic rings. The zero-order valence-electron chi connectivity index (χ0n) is 6.62. The van der Waals surface area contributed by atoms with E-state index in [9.17, 15) is 9.46 Å². The van der Waals surface area contributed by atoms with E-state index in [2.05, 4.69) is 9.84 Å². The number of rotatable bonds is 2. The van der Waals surface area contributed by atoms with Crippen LogP contribution in [0.3, 0.4) is 0 Å². The third kappa shape index (κ3) is 2.27. The summed E-state index contributed by atoms with van der Waals surface area (Å²) >= 11 is 0. The van der Waals surface area contributed by atoms with Crippen molar-refractivity contribution in [1.29, 1.82) is 0 Å². The Morgan fingerprint density at radius 3 is 2.82 bits per heavy atom. The molecule has 0 aromatic heterocycles. The molecule has 0 aromatic carbocycles. The molecule has 0 spiro atoms. The summed E-state index contributed by atoms with van der Waals surface area (Å²) in [5.41, 5.74) is 0. The monoisotopic (exact) mass is 179 g/mol. The van der Waals surface area contributed by atoms with E-state index in [0.29, 0.717) is 0 Å². The first-order valence-electron chi connectivity index (χ1n) is 3.78. The number of piperidine rings is 1. The standard InChI is InChI=1S/C6H14NO3P/c1-10-11(8,9)6-4-2-3-5-7-6/h6-7H,2-5H2,1H3,(H,8,9). The average Bonchev–Trinajstić information content (AvgIpc) is 2.06. The summed E-state index contributed by atoms with van der Waals surface area (Å²) in [6, 6.07) is 0. The van der Waals surface area contributed by atoms with Crippen molar-refractivity contribution in [1.82, 2.24) is 5.32 Å². The lowest BCUT2D eigenvalue weighted by Gasteiger charge is -2.25. The number of hydrogen-bond donors (Lipinski definition) is 2. The van der Waals surface area contributed by atoms with Gasteiger partial charge in [0, 0.05) is 7.11 Å². The zero-order valence-corrected chi connectivity index (χ0v) is 7.51. The fraction of sp³-hybridized carbons (Fsp3) is 1.00. The highest BCUT2D eigenvalue weighted by Crippen LogP contribution is 2.47. The van der Waals surface area contributed by atoms with Crippen molar-refractivity contribution in [3.05, 3.63) is 0 Å². The SMILES string of the molecule is COP(=O)(O)C1CCCCN1. The summed E-state index contributed by atoms with van der Waals surface area (Å²) in [5, 5.41) is 2.97. The third-order valence-corrected chi connectivity index (χ3v) is 3.69. The molecule has 0 amide bonds. The second-order valence-electron chi connectivity index (χ2n) is 2.71. The average molecular weight is 179 g/mol. The van der Waals surface area contributed by atoms with Crippen LogP contribution >= 0.6 is 7.60 Å². The minimum Gasteiger partial charge on any atom is -0.323 e. The second kappa shape index (κ2) is 3.68. The Kier molecular flexibility index (Phi) is 3.07. The van der Waals surface area contributed by atoms with Crippen molar-refractivity contribution in [2.75, 3.05) is 13.7 Å². The van der Waals surface area contributed by atoms with Crippen LogP contribution in [-0.4, -0.2) is 24.3 Å². The van der Waals surface area contributed by atoms with E-state index >= 15 is 0 Å². The molecule has 1 aliphatic heterocycles. The van der Waals surface area contributed by atoms with Crippen molar-refractivity contribution < 1.29 is 14.0 Å². The fourth-order valence-electron chi connectivity index (χ4n) is 1.24. The largest absolute Gasteiger partial charge is 0.344 e. The van der Waals surface area contributed by atoms with Crippen LogP contribution in [0.1, 0.15) is 19.3 Å². The van der Waals surface area contributed by atoms with Crippen LogP contribution in [0.5, 0.6) is 0 Å². The van der Waals surface area contributed by atoms with Crippen molar-refractivity contribution in [2.45, 2.75) is 25.0 Å². The van der Waals surface area contributed by atoms with Gasteiger partial charge in [0.25, 0.3) is 0 Å². The molecule has 66 valence electrons. The smallest absolute Gasteiger partial charge is 0.323 e. The molecule has 0 aliphatic carbocycles.